The van der Waals surface area contributed by atoms with E-state index in [4.69, 9.17) is 27.1 Å². The Balaban J connectivity index is 0.000000189. The number of halogens is 8. The Morgan fingerprint density at radius 1 is 0.380 bits per heavy atom. The average Bonchev–Trinajstić information content (AvgIpc) is 1.53. The van der Waals surface area contributed by atoms with Gasteiger partial charge in [0.25, 0.3) is 0 Å². The van der Waals surface area contributed by atoms with Gasteiger partial charge in [-0.05, 0) is 121 Å². The summed E-state index contributed by atoms with van der Waals surface area (Å²) in [7, 11) is 2.23. The van der Waals surface area contributed by atoms with Crippen LogP contribution in [0.3, 0.4) is 0 Å². The highest BCUT2D eigenvalue weighted by Gasteiger charge is 2.27. The van der Waals surface area contributed by atoms with Crippen LogP contribution in [-0.4, -0.2) is 82.8 Å². The number of rotatable bonds is 18. The summed E-state index contributed by atoms with van der Waals surface area (Å²) >= 11 is 0. The van der Waals surface area contributed by atoms with Crippen molar-refractivity contribution in [2.45, 2.75) is 67.4 Å². The number of methoxy groups -OCH3 is 2. The highest BCUT2D eigenvalue weighted by molar-refractivity contribution is 5.98. The molecule has 0 aliphatic rings. The molecule has 4 heterocycles. The van der Waals surface area contributed by atoms with Crippen molar-refractivity contribution in [2.75, 3.05) is 14.2 Å². The van der Waals surface area contributed by atoms with Crippen molar-refractivity contribution in [3.05, 3.63) is 166 Å². The van der Waals surface area contributed by atoms with E-state index in [9.17, 15) is 54.9 Å². The monoisotopic (exact) mass is 1270 g/mol. The Labute approximate surface area is 514 Å². The van der Waals surface area contributed by atoms with Gasteiger partial charge >= 0.3 is 38.4 Å². The zero-order chi connectivity index (χ0) is 65.4. The van der Waals surface area contributed by atoms with Crippen LogP contribution in [0.15, 0.2) is 139 Å². The molecule has 0 atom stereocenters. The van der Waals surface area contributed by atoms with Gasteiger partial charge in [0.05, 0.1) is 27.4 Å². The summed E-state index contributed by atoms with van der Waals surface area (Å²) in [4.78, 5) is 42.6. The van der Waals surface area contributed by atoms with Gasteiger partial charge < -0.3 is 56.3 Å². The topological polar surface area (TPSA) is 234 Å². The third kappa shape index (κ3) is 12.4. The first-order valence-corrected chi connectivity index (χ1v) is 27.5. The number of esters is 2. The third-order valence-corrected chi connectivity index (χ3v) is 15.0. The number of aromatic nitrogens is 4. The van der Waals surface area contributed by atoms with Gasteiger partial charge in [-0.25, -0.2) is 29.5 Å². The van der Waals surface area contributed by atoms with E-state index < -0.39 is 63.1 Å². The summed E-state index contributed by atoms with van der Waals surface area (Å²) in [6.45, 7) is -6.02. The summed E-state index contributed by atoms with van der Waals surface area (Å²) in [5.74, 6) is -2.12. The minimum Gasteiger partial charge on any atom is -0.465 e. The van der Waals surface area contributed by atoms with Crippen LogP contribution in [0.1, 0.15) is 54.1 Å². The van der Waals surface area contributed by atoms with Crippen molar-refractivity contribution < 1.29 is 101 Å². The second-order valence-electron chi connectivity index (χ2n) is 20.3. The standard InChI is InChI=1S/C34H24F4N2O8.C32H24F4N2O6/c1-15-17(7-5-9-19(15)29-39-23-11-21(31(41)43-3)25(47-33(35)36)13-27(23)45-29)18-8-6-10-20(16(18)2)30-40-24-12-22(32(42)44-4)26(48-34(37)38)14-28(24)46-30;1-15-19(5-3-7-21(15)29-37-23-9-17(13-39)25(43-31(33)34)11-27(23)41-29)20-6-4-8-22(16(20)2)30-38-24-10-18(14-40)26(44-32(35)36)12-28(24)42-30/h5-14,33-34H,1-4H3;3-12,31-32,39-40H,13-14H2,1-2H3. The van der Waals surface area contributed by atoms with Crippen LogP contribution in [0, 0.1) is 27.7 Å². The minimum atomic E-state index is -3.18. The molecule has 0 aliphatic carbocycles. The molecule has 0 fully saturated rings. The summed E-state index contributed by atoms with van der Waals surface area (Å²) in [6, 6.07) is 32.4. The highest BCUT2D eigenvalue weighted by atomic mass is 19.3. The molecule has 0 saturated heterocycles. The summed E-state index contributed by atoms with van der Waals surface area (Å²) in [5, 5.41) is 19.2. The molecule has 2 N–H and O–H groups in total. The van der Waals surface area contributed by atoms with Crippen LogP contribution in [0.25, 0.3) is 112 Å². The Bertz CT molecular complexity index is 4510. The molecule has 18 nitrogen and oxygen atoms in total. The molecule has 92 heavy (non-hydrogen) atoms. The molecule has 12 rings (SSSR count). The normalized spacial score (nSPS) is 11.6. The molecule has 4 aromatic heterocycles. The third-order valence-electron chi connectivity index (χ3n) is 15.0. The number of alkyl halides is 8. The summed E-state index contributed by atoms with van der Waals surface area (Å²) in [6.07, 6.45) is 0. The van der Waals surface area contributed by atoms with E-state index in [0.717, 1.165) is 70.9 Å². The van der Waals surface area contributed by atoms with Crippen LogP contribution in [-0.2, 0) is 22.7 Å². The van der Waals surface area contributed by atoms with Crippen molar-refractivity contribution >= 4 is 56.3 Å². The van der Waals surface area contributed by atoms with Crippen molar-refractivity contribution in [2.24, 2.45) is 0 Å². The average molecular weight is 1270 g/mol. The molecule has 26 heteroatoms. The summed E-state index contributed by atoms with van der Waals surface area (Å²) < 4.78 is 155. The first kappa shape index (κ1) is 62.7. The lowest BCUT2D eigenvalue weighted by Gasteiger charge is -2.14. The number of benzene rings is 8. The maximum atomic E-state index is 13.1. The van der Waals surface area contributed by atoms with E-state index in [1.807, 2.05) is 76.2 Å². The zero-order valence-electron chi connectivity index (χ0n) is 48.9. The smallest absolute Gasteiger partial charge is 0.387 e. The highest BCUT2D eigenvalue weighted by Crippen LogP contribution is 2.43. The molecular weight excluding hydrogens is 1220 g/mol. The first-order chi connectivity index (χ1) is 44.1. The van der Waals surface area contributed by atoms with Crippen LogP contribution in [0.2, 0.25) is 0 Å². The largest absolute Gasteiger partial charge is 0.465 e. The lowest BCUT2D eigenvalue weighted by Crippen LogP contribution is -2.09. The number of aliphatic hydroxyl groups is 2. The van der Waals surface area contributed by atoms with Crippen molar-refractivity contribution in [1.29, 1.82) is 0 Å². The van der Waals surface area contributed by atoms with Gasteiger partial charge in [-0.1, -0.05) is 48.5 Å². The van der Waals surface area contributed by atoms with Crippen LogP contribution < -0.4 is 18.9 Å². The number of nitrogens with zero attached hydrogens (tertiary/aromatic N) is 4. The van der Waals surface area contributed by atoms with Gasteiger partial charge in [0.2, 0.25) is 23.6 Å². The first-order valence-electron chi connectivity index (χ1n) is 27.5. The molecule has 0 amide bonds. The lowest BCUT2D eigenvalue weighted by atomic mass is 9.91. The molecule has 0 bridgehead atoms. The minimum absolute atomic E-state index is 0.115. The Kier molecular flexibility index (Phi) is 17.7. The number of carbonyl (C=O) groups is 2. The van der Waals surface area contributed by atoms with Crippen LogP contribution >= 0.6 is 0 Å². The van der Waals surface area contributed by atoms with E-state index in [1.54, 1.807) is 24.3 Å². The van der Waals surface area contributed by atoms with Crippen molar-refractivity contribution in [3.63, 3.8) is 0 Å². The van der Waals surface area contributed by atoms with E-state index >= 15 is 0 Å². The van der Waals surface area contributed by atoms with Crippen molar-refractivity contribution in [3.8, 4) is 91.1 Å². The molecule has 12 aromatic rings. The molecule has 0 radical (unpaired) electrons. The fraction of sp³-hybridized carbons (Fsp3) is 0.182. The second-order valence-corrected chi connectivity index (χ2v) is 20.3. The van der Waals surface area contributed by atoms with Crippen LogP contribution in [0.5, 0.6) is 23.0 Å². The number of ether oxygens (including phenoxy) is 6. The fourth-order valence-corrected chi connectivity index (χ4v) is 10.6. The maximum Gasteiger partial charge on any atom is 0.387 e. The lowest BCUT2D eigenvalue weighted by molar-refractivity contribution is -0.0515. The van der Waals surface area contributed by atoms with Gasteiger partial charge in [0, 0.05) is 57.6 Å². The number of oxazole rings is 4. The molecular formula is C66H48F8N4O14. The molecule has 0 aliphatic heterocycles. The van der Waals surface area contributed by atoms with E-state index in [1.165, 1.54) is 36.4 Å². The van der Waals surface area contributed by atoms with E-state index in [2.05, 4.69) is 38.9 Å². The second kappa shape index (κ2) is 25.9. The Hall–Kier alpha value is -10.9. The molecule has 472 valence electrons. The molecule has 0 spiro atoms. The fourth-order valence-electron chi connectivity index (χ4n) is 10.6. The molecule has 8 aromatic carbocycles. The van der Waals surface area contributed by atoms with Gasteiger partial charge in [-0.3, -0.25) is 0 Å². The van der Waals surface area contributed by atoms with E-state index in [0.29, 0.717) is 33.3 Å². The number of aliphatic hydroxyl groups excluding tert-OH is 2. The van der Waals surface area contributed by atoms with E-state index in [-0.39, 0.29) is 90.7 Å². The molecule has 0 saturated carbocycles. The molecule has 0 unspecified atom stereocenters. The van der Waals surface area contributed by atoms with Gasteiger partial charge in [0.15, 0.2) is 22.3 Å². The quantitative estimate of drug-likeness (QED) is 0.0600. The number of carbonyl (C=O) groups excluding carboxylic acids is 2. The predicted molar refractivity (Wildman–Crippen MR) is 316 cm³/mol. The number of hydrogen-bond donors (Lipinski definition) is 2. The number of fused-ring (bicyclic) bond motifs is 4. The van der Waals surface area contributed by atoms with Gasteiger partial charge in [-0.2, -0.15) is 35.1 Å². The van der Waals surface area contributed by atoms with Crippen molar-refractivity contribution in [1.82, 2.24) is 19.9 Å². The zero-order valence-corrected chi connectivity index (χ0v) is 48.9. The van der Waals surface area contributed by atoms with Crippen LogP contribution in [0.4, 0.5) is 35.1 Å². The van der Waals surface area contributed by atoms with Gasteiger partial charge in [0.1, 0.15) is 56.2 Å². The maximum absolute atomic E-state index is 13.1. The predicted octanol–water partition coefficient (Wildman–Crippen LogP) is 16.1. The SMILES string of the molecule is COC(=O)c1cc2nc(-c3cccc(-c4cccc(-c5nc6cc(C(=O)OC)c(OC(F)F)cc6o5)c4C)c3C)oc2cc1OC(F)F.Cc1c(-c2nc3cc(CO)c(OC(F)F)cc3o2)cccc1-c1cccc(-c2nc3cc(CO)c(OC(F)F)cc3o2)c1C. The summed E-state index contributed by atoms with van der Waals surface area (Å²) in [5.41, 5.74) is 10.7. The Morgan fingerprint density at radius 3 is 0.870 bits per heavy atom. The van der Waals surface area contributed by atoms with Gasteiger partial charge in [-0.15, -0.1) is 0 Å². The number of hydrogen-bond acceptors (Lipinski definition) is 18. The Morgan fingerprint density at radius 2 is 0.620 bits per heavy atom.